The number of hydrogen-bond acceptors (Lipinski definition) is 6. The van der Waals surface area contributed by atoms with E-state index in [1.807, 2.05) is 48.5 Å². The highest BCUT2D eigenvalue weighted by molar-refractivity contribution is 7.21. The number of cyclic esters (lactones) is 1. The minimum Gasteiger partial charge on any atom is -0.457 e. The van der Waals surface area contributed by atoms with Gasteiger partial charge >= 0.3 is 5.97 Å². The van der Waals surface area contributed by atoms with Gasteiger partial charge in [-0.25, -0.2) is 9.78 Å². The van der Waals surface area contributed by atoms with Crippen LogP contribution in [0.5, 0.6) is 0 Å². The first-order valence-corrected chi connectivity index (χ1v) is 10.4. The van der Waals surface area contributed by atoms with Gasteiger partial charge < -0.3 is 14.5 Å². The first-order chi connectivity index (χ1) is 14.5. The number of thiazole rings is 1. The summed E-state index contributed by atoms with van der Waals surface area (Å²) in [7, 11) is 0. The van der Waals surface area contributed by atoms with Gasteiger partial charge in [0, 0.05) is 6.42 Å². The van der Waals surface area contributed by atoms with Crippen LogP contribution in [0.2, 0.25) is 0 Å². The van der Waals surface area contributed by atoms with E-state index in [4.69, 9.17) is 9.15 Å². The van der Waals surface area contributed by atoms with Crippen LogP contribution in [-0.2, 0) is 22.5 Å². The van der Waals surface area contributed by atoms with E-state index < -0.39 is 11.6 Å². The third-order valence-electron chi connectivity index (χ3n) is 5.15. The predicted octanol–water partition coefficient (Wildman–Crippen LogP) is 4.34. The van der Waals surface area contributed by atoms with Crippen molar-refractivity contribution in [1.82, 2.24) is 10.3 Å². The number of benzene rings is 2. The summed E-state index contributed by atoms with van der Waals surface area (Å²) in [5.41, 5.74) is 0.987. The van der Waals surface area contributed by atoms with Crippen molar-refractivity contribution >= 4 is 33.4 Å². The molecular weight excluding hydrogens is 400 g/mol. The summed E-state index contributed by atoms with van der Waals surface area (Å²) < 4.78 is 12.4. The van der Waals surface area contributed by atoms with Crippen molar-refractivity contribution in [3.63, 3.8) is 0 Å². The molecule has 0 spiro atoms. The van der Waals surface area contributed by atoms with Crippen LogP contribution < -0.4 is 5.32 Å². The van der Waals surface area contributed by atoms with E-state index in [1.165, 1.54) is 0 Å². The molecule has 150 valence electrons. The second-order valence-electron chi connectivity index (χ2n) is 7.39. The zero-order chi connectivity index (χ0) is 20.7. The zero-order valence-corrected chi connectivity index (χ0v) is 17.0. The number of carbonyl (C=O) groups is 2. The quantitative estimate of drug-likeness (QED) is 0.499. The van der Waals surface area contributed by atoms with E-state index in [9.17, 15) is 9.59 Å². The van der Waals surface area contributed by atoms with Crippen molar-refractivity contribution in [3.8, 4) is 10.8 Å². The van der Waals surface area contributed by atoms with Crippen molar-refractivity contribution in [2.24, 2.45) is 0 Å². The van der Waals surface area contributed by atoms with Gasteiger partial charge in [-0.05, 0) is 42.8 Å². The average molecular weight is 418 g/mol. The summed E-state index contributed by atoms with van der Waals surface area (Å²) in [6.45, 7) is 1.82. The van der Waals surface area contributed by atoms with Gasteiger partial charge in [0.05, 0.1) is 22.3 Å². The fourth-order valence-corrected chi connectivity index (χ4v) is 4.51. The number of carbonyl (C=O) groups excluding carboxylic acids is 2. The van der Waals surface area contributed by atoms with E-state index in [2.05, 4.69) is 10.3 Å². The topological polar surface area (TPSA) is 81.4 Å². The van der Waals surface area contributed by atoms with Gasteiger partial charge in [-0.1, -0.05) is 30.3 Å². The van der Waals surface area contributed by atoms with Gasteiger partial charge in [0.2, 0.25) is 0 Å². The fraction of sp³-hybridized carbons (Fsp3) is 0.174. The normalized spacial score (nSPS) is 18.1. The number of esters is 1. The molecule has 5 rings (SSSR count). The van der Waals surface area contributed by atoms with Crippen LogP contribution in [0.25, 0.3) is 21.0 Å². The zero-order valence-electron chi connectivity index (χ0n) is 16.2. The molecule has 2 aromatic heterocycles. The number of ether oxygens (including phenoxy) is 1. The molecule has 1 unspecified atom stereocenters. The number of rotatable bonds is 4. The number of fused-ring (bicyclic) bond motifs is 2. The summed E-state index contributed by atoms with van der Waals surface area (Å²) >= 11 is 1.55. The van der Waals surface area contributed by atoms with Gasteiger partial charge in [0.25, 0.3) is 5.91 Å². The van der Waals surface area contributed by atoms with E-state index in [0.29, 0.717) is 23.5 Å². The van der Waals surface area contributed by atoms with Crippen LogP contribution >= 0.6 is 11.3 Å². The third kappa shape index (κ3) is 3.27. The molecule has 4 aromatic rings. The maximum atomic E-state index is 12.8. The summed E-state index contributed by atoms with van der Waals surface area (Å²) in [5.74, 6) is 0.419. The SMILES string of the molecule is CC1(C(=O)NCc2ccc(-c3nc4ccccc4s3)o2)Cc2ccccc2C(=O)O1. The molecule has 0 aliphatic carbocycles. The van der Waals surface area contributed by atoms with Gasteiger partial charge in [0.1, 0.15) is 5.76 Å². The molecule has 7 heteroatoms. The molecule has 0 saturated heterocycles. The first kappa shape index (κ1) is 18.6. The highest BCUT2D eigenvalue weighted by Crippen LogP contribution is 2.31. The molecule has 2 aromatic carbocycles. The molecule has 1 N–H and O–H groups in total. The molecule has 0 fully saturated rings. The Morgan fingerprint density at radius 3 is 2.80 bits per heavy atom. The van der Waals surface area contributed by atoms with Crippen molar-refractivity contribution in [2.45, 2.75) is 25.5 Å². The minimum atomic E-state index is -1.26. The summed E-state index contributed by atoms with van der Waals surface area (Å²) in [6, 6.07) is 18.7. The average Bonchev–Trinajstić information content (AvgIpc) is 3.38. The van der Waals surface area contributed by atoms with Gasteiger partial charge in [-0.15, -0.1) is 11.3 Å². The van der Waals surface area contributed by atoms with Crippen LogP contribution in [0.4, 0.5) is 0 Å². The number of nitrogens with zero attached hydrogens (tertiary/aromatic N) is 1. The summed E-state index contributed by atoms with van der Waals surface area (Å²) in [4.78, 5) is 29.7. The molecule has 0 saturated carbocycles. The number of aromatic nitrogens is 1. The molecule has 1 aliphatic heterocycles. The van der Waals surface area contributed by atoms with Crippen molar-refractivity contribution in [2.75, 3.05) is 0 Å². The maximum Gasteiger partial charge on any atom is 0.339 e. The highest BCUT2D eigenvalue weighted by Gasteiger charge is 2.42. The Morgan fingerprint density at radius 1 is 1.13 bits per heavy atom. The predicted molar refractivity (Wildman–Crippen MR) is 113 cm³/mol. The van der Waals surface area contributed by atoms with E-state index >= 15 is 0 Å². The Labute approximate surface area is 176 Å². The second-order valence-corrected chi connectivity index (χ2v) is 8.42. The van der Waals surface area contributed by atoms with Gasteiger partial charge in [0.15, 0.2) is 16.4 Å². The molecule has 6 nitrogen and oxygen atoms in total. The largest absolute Gasteiger partial charge is 0.457 e. The molecule has 0 bridgehead atoms. The molecular formula is C23H18N2O4S. The molecule has 0 radical (unpaired) electrons. The molecule has 1 amide bonds. The lowest BCUT2D eigenvalue weighted by atomic mass is 9.89. The fourth-order valence-electron chi connectivity index (χ4n) is 3.58. The lowest BCUT2D eigenvalue weighted by Gasteiger charge is -2.32. The smallest absolute Gasteiger partial charge is 0.339 e. The summed E-state index contributed by atoms with van der Waals surface area (Å²) in [5, 5.41) is 3.62. The number of amides is 1. The van der Waals surface area contributed by atoms with Crippen LogP contribution in [0, 0.1) is 0 Å². The van der Waals surface area contributed by atoms with Crippen LogP contribution in [0.15, 0.2) is 65.1 Å². The van der Waals surface area contributed by atoms with Gasteiger partial charge in [-0.2, -0.15) is 0 Å². The lowest BCUT2D eigenvalue weighted by Crippen LogP contribution is -2.51. The Morgan fingerprint density at radius 2 is 1.93 bits per heavy atom. The van der Waals surface area contributed by atoms with Crippen LogP contribution in [0.3, 0.4) is 0 Å². The number of furan rings is 1. The number of nitrogens with one attached hydrogen (secondary N) is 1. The Bertz CT molecular complexity index is 1240. The van der Waals surface area contributed by atoms with Gasteiger partial charge in [-0.3, -0.25) is 4.79 Å². The van der Waals surface area contributed by atoms with Crippen molar-refractivity contribution < 1.29 is 18.7 Å². The minimum absolute atomic E-state index is 0.193. The Balaban J connectivity index is 1.29. The Hall–Kier alpha value is -3.45. The van der Waals surface area contributed by atoms with Crippen LogP contribution in [0.1, 0.15) is 28.6 Å². The monoisotopic (exact) mass is 418 g/mol. The van der Waals surface area contributed by atoms with Crippen LogP contribution in [-0.4, -0.2) is 22.5 Å². The van der Waals surface area contributed by atoms with Crippen molar-refractivity contribution in [3.05, 3.63) is 77.6 Å². The maximum absolute atomic E-state index is 12.8. The lowest BCUT2D eigenvalue weighted by molar-refractivity contribution is -0.140. The second kappa shape index (κ2) is 7.11. The third-order valence-corrected chi connectivity index (χ3v) is 6.20. The van der Waals surface area contributed by atoms with E-state index in [1.54, 1.807) is 30.4 Å². The Kier molecular flexibility index (Phi) is 4.40. The van der Waals surface area contributed by atoms with Crippen molar-refractivity contribution in [1.29, 1.82) is 0 Å². The molecule has 1 atom stereocenters. The standard InChI is InChI=1S/C23H18N2O4S/c1-23(12-14-6-2-3-7-16(14)21(26)29-23)22(27)24-13-15-10-11-18(28-15)20-25-17-8-4-5-9-19(17)30-20/h2-11H,12-13H2,1H3,(H,24,27). The molecule has 30 heavy (non-hydrogen) atoms. The molecule has 1 aliphatic rings. The number of para-hydroxylation sites is 1. The first-order valence-electron chi connectivity index (χ1n) is 9.56. The highest BCUT2D eigenvalue weighted by atomic mass is 32.1. The number of hydrogen-bond donors (Lipinski definition) is 1. The van der Waals surface area contributed by atoms with E-state index in [-0.39, 0.29) is 12.5 Å². The van der Waals surface area contributed by atoms with E-state index in [0.717, 1.165) is 20.8 Å². The summed E-state index contributed by atoms with van der Waals surface area (Å²) in [6.07, 6.45) is 0.329. The molecule has 3 heterocycles.